The summed E-state index contributed by atoms with van der Waals surface area (Å²) in [6.07, 6.45) is 2.13. The zero-order chi connectivity index (χ0) is 9.84. The van der Waals surface area contributed by atoms with Crippen molar-refractivity contribution < 1.29 is 0 Å². The van der Waals surface area contributed by atoms with Crippen LogP contribution in [-0.2, 0) is 6.54 Å². The minimum Gasteiger partial charge on any atom is -0.252 e. The Morgan fingerprint density at radius 1 is 1.62 bits per heavy atom. The molecule has 0 atom stereocenters. The van der Waals surface area contributed by atoms with Gasteiger partial charge in [-0.3, -0.25) is 4.68 Å². The lowest BCUT2D eigenvalue weighted by atomic mass is 10.3. The quantitative estimate of drug-likeness (QED) is 0.747. The first kappa shape index (κ1) is 10.1. The van der Waals surface area contributed by atoms with Crippen molar-refractivity contribution in [2.45, 2.75) is 33.2 Å². The molecule has 4 heteroatoms. The zero-order valence-electron chi connectivity index (χ0n) is 7.84. The first-order valence-electron chi connectivity index (χ1n) is 4.33. The third-order valence-corrected chi connectivity index (χ3v) is 2.28. The summed E-state index contributed by atoms with van der Waals surface area (Å²) in [5.74, 6) is 0. The Kier molecular flexibility index (Phi) is 3.32. The van der Waals surface area contributed by atoms with E-state index in [0.717, 1.165) is 19.4 Å². The molecular weight excluding hydrogens is 186 g/mol. The Morgan fingerprint density at radius 3 is 2.77 bits per heavy atom. The predicted octanol–water partition coefficient (Wildman–Crippen LogP) is 2.52. The molecule has 1 heterocycles. The molecule has 0 fully saturated rings. The molecule has 1 rings (SSSR count). The Labute approximate surface area is 82.9 Å². The highest BCUT2D eigenvalue weighted by Gasteiger charge is 2.11. The van der Waals surface area contributed by atoms with Gasteiger partial charge in [0.1, 0.15) is 16.8 Å². The number of hydrogen-bond acceptors (Lipinski definition) is 2. The SMILES string of the molecule is CCCCn1nc(C)c(C#N)c1Cl. The van der Waals surface area contributed by atoms with E-state index in [1.54, 1.807) is 11.6 Å². The van der Waals surface area contributed by atoms with Crippen molar-refractivity contribution >= 4 is 11.6 Å². The Hall–Kier alpha value is -1.01. The number of aryl methyl sites for hydroxylation is 2. The van der Waals surface area contributed by atoms with E-state index in [0.29, 0.717) is 16.4 Å². The van der Waals surface area contributed by atoms with Gasteiger partial charge in [-0.1, -0.05) is 24.9 Å². The number of halogens is 1. The molecular formula is C9H12ClN3. The fourth-order valence-electron chi connectivity index (χ4n) is 1.14. The number of nitriles is 1. The average molecular weight is 198 g/mol. The van der Waals surface area contributed by atoms with E-state index in [2.05, 4.69) is 12.0 Å². The fraction of sp³-hybridized carbons (Fsp3) is 0.556. The van der Waals surface area contributed by atoms with Crippen LogP contribution in [0, 0.1) is 18.3 Å². The van der Waals surface area contributed by atoms with E-state index in [4.69, 9.17) is 16.9 Å². The van der Waals surface area contributed by atoms with Crippen LogP contribution in [-0.4, -0.2) is 9.78 Å². The highest BCUT2D eigenvalue weighted by atomic mass is 35.5. The van der Waals surface area contributed by atoms with E-state index in [9.17, 15) is 0 Å². The maximum atomic E-state index is 8.75. The maximum Gasteiger partial charge on any atom is 0.145 e. The molecule has 0 amide bonds. The smallest absolute Gasteiger partial charge is 0.145 e. The van der Waals surface area contributed by atoms with Crippen molar-refractivity contribution in [1.29, 1.82) is 5.26 Å². The molecule has 0 aromatic carbocycles. The largest absolute Gasteiger partial charge is 0.252 e. The normalized spacial score (nSPS) is 10.0. The van der Waals surface area contributed by atoms with Gasteiger partial charge in [0.25, 0.3) is 0 Å². The lowest BCUT2D eigenvalue weighted by Gasteiger charge is -1.99. The van der Waals surface area contributed by atoms with Crippen molar-refractivity contribution in [2.75, 3.05) is 0 Å². The van der Waals surface area contributed by atoms with Crippen LogP contribution in [0.3, 0.4) is 0 Å². The van der Waals surface area contributed by atoms with Crippen molar-refractivity contribution in [3.63, 3.8) is 0 Å². The van der Waals surface area contributed by atoms with Gasteiger partial charge in [-0.05, 0) is 13.3 Å². The monoisotopic (exact) mass is 197 g/mol. The Balaban J connectivity index is 2.92. The van der Waals surface area contributed by atoms with Gasteiger partial charge in [0.05, 0.1) is 5.69 Å². The van der Waals surface area contributed by atoms with Crippen LogP contribution in [0.1, 0.15) is 31.0 Å². The maximum absolute atomic E-state index is 8.75. The van der Waals surface area contributed by atoms with Gasteiger partial charge in [-0.2, -0.15) is 10.4 Å². The van der Waals surface area contributed by atoms with Gasteiger partial charge in [-0.25, -0.2) is 0 Å². The van der Waals surface area contributed by atoms with Gasteiger partial charge in [0.2, 0.25) is 0 Å². The molecule has 0 spiro atoms. The molecule has 1 aromatic rings. The third kappa shape index (κ3) is 2.02. The molecule has 70 valence electrons. The van der Waals surface area contributed by atoms with Crippen LogP contribution in [0.5, 0.6) is 0 Å². The second-order valence-electron chi connectivity index (χ2n) is 2.94. The summed E-state index contributed by atoms with van der Waals surface area (Å²) in [5.41, 5.74) is 1.21. The molecule has 0 radical (unpaired) electrons. The van der Waals surface area contributed by atoms with Crippen LogP contribution >= 0.6 is 11.6 Å². The topological polar surface area (TPSA) is 41.6 Å². The zero-order valence-corrected chi connectivity index (χ0v) is 8.60. The van der Waals surface area contributed by atoms with Crippen molar-refractivity contribution in [3.05, 3.63) is 16.4 Å². The number of nitrogens with zero attached hydrogens (tertiary/aromatic N) is 3. The standard InChI is InChI=1S/C9H12ClN3/c1-3-4-5-13-9(10)8(6-11)7(2)12-13/h3-5H2,1-2H3. The first-order valence-corrected chi connectivity index (χ1v) is 4.71. The highest BCUT2D eigenvalue weighted by molar-refractivity contribution is 6.30. The Morgan fingerprint density at radius 2 is 2.31 bits per heavy atom. The molecule has 0 saturated heterocycles. The number of aromatic nitrogens is 2. The summed E-state index contributed by atoms with van der Waals surface area (Å²) >= 11 is 5.94. The van der Waals surface area contributed by atoms with E-state index in [-0.39, 0.29) is 0 Å². The van der Waals surface area contributed by atoms with Crippen molar-refractivity contribution in [2.24, 2.45) is 0 Å². The average Bonchev–Trinajstić information content (AvgIpc) is 2.38. The van der Waals surface area contributed by atoms with Gasteiger partial charge < -0.3 is 0 Å². The summed E-state index contributed by atoms with van der Waals surface area (Å²) in [5, 5.41) is 13.4. The summed E-state index contributed by atoms with van der Waals surface area (Å²) in [4.78, 5) is 0. The van der Waals surface area contributed by atoms with E-state index in [1.807, 2.05) is 6.07 Å². The molecule has 0 bridgehead atoms. The van der Waals surface area contributed by atoms with Gasteiger partial charge in [0, 0.05) is 6.54 Å². The second kappa shape index (κ2) is 4.29. The summed E-state index contributed by atoms with van der Waals surface area (Å²) in [6.45, 7) is 4.69. The van der Waals surface area contributed by atoms with Gasteiger partial charge in [-0.15, -0.1) is 0 Å². The first-order chi connectivity index (χ1) is 6.20. The van der Waals surface area contributed by atoms with Crippen LogP contribution in [0.15, 0.2) is 0 Å². The lowest BCUT2D eigenvalue weighted by molar-refractivity contribution is 0.569. The van der Waals surface area contributed by atoms with Crippen LogP contribution in [0.25, 0.3) is 0 Å². The molecule has 0 N–H and O–H groups in total. The minimum absolute atomic E-state index is 0.466. The molecule has 3 nitrogen and oxygen atoms in total. The van der Waals surface area contributed by atoms with Crippen LogP contribution in [0.4, 0.5) is 0 Å². The van der Waals surface area contributed by atoms with Crippen LogP contribution in [0.2, 0.25) is 5.15 Å². The lowest BCUT2D eigenvalue weighted by Crippen LogP contribution is -1.99. The summed E-state index contributed by atoms with van der Waals surface area (Å²) < 4.78 is 1.69. The molecule has 0 aliphatic heterocycles. The van der Waals surface area contributed by atoms with E-state index < -0.39 is 0 Å². The molecule has 0 aliphatic rings. The van der Waals surface area contributed by atoms with E-state index >= 15 is 0 Å². The van der Waals surface area contributed by atoms with Gasteiger partial charge in [0.15, 0.2) is 0 Å². The number of unbranched alkanes of at least 4 members (excludes halogenated alkanes) is 1. The highest BCUT2D eigenvalue weighted by Crippen LogP contribution is 2.18. The molecule has 13 heavy (non-hydrogen) atoms. The Bertz CT molecular complexity index is 335. The van der Waals surface area contributed by atoms with Gasteiger partial charge >= 0.3 is 0 Å². The second-order valence-corrected chi connectivity index (χ2v) is 3.30. The fourth-order valence-corrected chi connectivity index (χ4v) is 1.44. The summed E-state index contributed by atoms with van der Waals surface area (Å²) in [7, 11) is 0. The number of rotatable bonds is 3. The van der Waals surface area contributed by atoms with E-state index in [1.165, 1.54) is 0 Å². The molecule has 0 saturated carbocycles. The molecule has 1 aromatic heterocycles. The third-order valence-electron chi connectivity index (χ3n) is 1.90. The van der Waals surface area contributed by atoms with Crippen LogP contribution < -0.4 is 0 Å². The molecule has 0 aliphatic carbocycles. The summed E-state index contributed by atoms with van der Waals surface area (Å²) in [6, 6.07) is 2.05. The predicted molar refractivity (Wildman–Crippen MR) is 51.6 cm³/mol. The number of hydrogen-bond donors (Lipinski definition) is 0. The van der Waals surface area contributed by atoms with Crippen molar-refractivity contribution in [3.8, 4) is 6.07 Å². The molecule has 0 unspecified atom stereocenters. The minimum atomic E-state index is 0.466. The van der Waals surface area contributed by atoms with Crippen molar-refractivity contribution in [1.82, 2.24) is 9.78 Å².